The molecule has 0 aliphatic carbocycles. The minimum absolute atomic E-state index is 0.265. The second kappa shape index (κ2) is 4.25. The molecule has 0 radical (unpaired) electrons. The number of rotatable bonds is 2. The molecular weight excluding hydrogens is 231 g/mol. The van der Waals surface area contributed by atoms with Crippen LogP contribution in [0.1, 0.15) is 11.3 Å². The Morgan fingerprint density at radius 1 is 1.00 bits per heavy atom. The van der Waals surface area contributed by atoms with Gasteiger partial charge in [0.2, 0.25) is 0 Å². The number of nitrogens with two attached hydrogens (primary N) is 1. The van der Waals surface area contributed by atoms with Crippen molar-refractivity contribution in [1.82, 2.24) is 0 Å². The van der Waals surface area contributed by atoms with E-state index in [1.807, 2.05) is 0 Å². The van der Waals surface area contributed by atoms with E-state index in [0.29, 0.717) is 17.1 Å². The number of hydrogen-bond donors (Lipinski definition) is 1. The first kappa shape index (κ1) is 11.7. The molecule has 90 valence electrons. The molecule has 2 rings (SSSR count). The lowest BCUT2D eigenvalue weighted by Crippen LogP contribution is -2.03. The Bertz CT molecular complexity index is 499. The molecule has 0 amide bonds. The maximum atomic E-state index is 12.3. The number of alkyl halides is 3. The van der Waals surface area contributed by atoms with Crippen LogP contribution in [0.5, 0.6) is 0 Å². The fourth-order valence-electron chi connectivity index (χ4n) is 1.47. The van der Waals surface area contributed by atoms with Crippen molar-refractivity contribution in [1.29, 1.82) is 0 Å². The Kier molecular flexibility index (Phi) is 2.93. The highest BCUT2D eigenvalue weighted by Crippen LogP contribution is 2.31. The van der Waals surface area contributed by atoms with Crippen molar-refractivity contribution in [2.45, 2.75) is 12.7 Å². The summed E-state index contributed by atoms with van der Waals surface area (Å²) in [6, 6.07) is 8.20. The van der Waals surface area contributed by atoms with Crippen molar-refractivity contribution in [2.24, 2.45) is 5.73 Å². The molecule has 0 aliphatic heterocycles. The summed E-state index contributed by atoms with van der Waals surface area (Å²) in [5, 5.41) is 0. The Morgan fingerprint density at radius 2 is 1.65 bits per heavy atom. The SMILES string of the molecule is NCc1ccc(-c2ccc(C(F)(F)F)cc2)o1. The van der Waals surface area contributed by atoms with Crippen molar-refractivity contribution in [3.63, 3.8) is 0 Å². The van der Waals surface area contributed by atoms with E-state index in [-0.39, 0.29) is 6.54 Å². The first-order valence-corrected chi connectivity index (χ1v) is 4.97. The second-order valence-corrected chi connectivity index (χ2v) is 3.55. The zero-order valence-electron chi connectivity index (χ0n) is 8.79. The maximum Gasteiger partial charge on any atom is 0.416 e. The number of halogens is 3. The third-order valence-corrected chi connectivity index (χ3v) is 2.36. The molecule has 0 saturated heterocycles. The molecule has 0 saturated carbocycles. The lowest BCUT2D eigenvalue weighted by atomic mass is 10.1. The van der Waals surface area contributed by atoms with Gasteiger partial charge in [-0.25, -0.2) is 0 Å². The molecular formula is C12H10F3NO. The fraction of sp³-hybridized carbons (Fsp3) is 0.167. The van der Waals surface area contributed by atoms with E-state index in [2.05, 4.69) is 0 Å². The van der Waals surface area contributed by atoms with Crippen LogP contribution in [0.4, 0.5) is 13.2 Å². The molecule has 17 heavy (non-hydrogen) atoms. The first-order chi connectivity index (χ1) is 8.00. The standard InChI is InChI=1S/C12H10F3NO/c13-12(14,15)9-3-1-8(2-4-9)11-6-5-10(7-16)17-11/h1-6H,7,16H2. The molecule has 1 aromatic carbocycles. The third-order valence-electron chi connectivity index (χ3n) is 2.36. The second-order valence-electron chi connectivity index (χ2n) is 3.55. The molecule has 5 heteroatoms. The van der Waals surface area contributed by atoms with Gasteiger partial charge in [0.15, 0.2) is 0 Å². The predicted octanol–water partition coefficient (Wildman–Crippen LogP) is 3.42. The van der Waals surface area contributed by atoms with Crippen LogP contribution in [0.25, 0.3) is 11.3 Å². The molecule has 2 aromatic rings. The average molecular weight is 241 g/mol. The Morgan fingerprint density at radius 3 is 2.12 bits per heavy atom. The zero-order chi connectivity index (χ0) is 12.5. The minimum atomic E-state index is -4.32. The lowest BCUT2D eigenvalue weighted by Gasteiger charge is -2.06. The zero-order valence-corrected chi connectivity index (χ0v) is 8.79. The van der Waals surface area contributed by atoms with Crippen LogP contribution in [0, 0.1) is 0 Å². The Labute approximate surface area is 95.8 Å². The van der Waals surface area contributed by atoms with Crippen LogP contribution in [0.15, 0.2) is 40.8 Å². The van der Waals surface area contributed by atoms with Crippen LogP contribution in [0.2, 0.25) is 0 Å². The van der Waals surface area contributed by atoms with Gasteiger partial charge in [0.1, 0.15) is 11.5 Å². The van der Waals surface area contributed by atoms with E-state index in [0.717, 1.165) is 12.1 Å². The quantitative estimate of drug-likeness (QED) is 0.874. The van der Waals surface area contributed by atoms with E-state index in [1.54, 1.807) is 12.1 Å². The van der Waals surface area contributed by atoms with Gasteiger partial charge in [-0.3, -0.25) is 0 Å². The highest BCUT2D eigenvalue weighted by atomic mass is 19.4. The molecule has 0 aliphatic rings. The summed E-state index contributed by atoms with van der Waals surface area (Å²) in [6.07, 6.45) is -4.32. The van der Waals surface area contributed by atoms with Crippen LogP contribution in [-0.2, 0) is 12.7 Å². The molecule has 0 fully saturated rings. The van der Waals surface area contributed by atoms with E-state index < -0.39 is 11.7 Å². The molecule has 1 aromatic heterocycles. The summed E-state index contributed by atoms with van der Waals surface area (Å²) in [6.45, 7) is 0.265. The molecule has 2 nitrogen and oxygen atoms in total. The van der Waals surface area contributed by atoms with Crippen molar-refractivity contribution in [2.75, 3.05) is 0 Å². The fourth-order valence-corrected chi connectivity index (χ4v) is 1.47. The molecule has 0 spiro atoms. The topological polar surface area (TPSA) is 39.2 Å². The van der Waals surface area contributed by atoms with Gasteiger partial charge in [0, 0.05) is 5.56 Å². The van der Waals surface area contributed by atoms with E-state index in [1.165, 1.54) is 12.1 Å². The maximum absolute atomic E-state index is 12.3. The van der Waals surface area contributed by atoms with Crippen LogP contribution in [-0.4, -0.2) is 0 Å². The van der Waals surface area contributed by atoms with Crippen molar-refractivity contribution in [3.05, 3.63) is 47.7 Å². The number of benzene rings is 1. The van der Waals surface area contributed by atoms with Gasteiger partial charge in [0.25, 0.3) is 0 Å². The average Bonchev–Trinajstić information content (AvgIpc) is 2.76. The number of hydrogen-bond acceptors (Lipinski definition) is 2. The molecule has 0 unspecified atom stereocenters. The summed E-state index contributed by atoms with van der Waals surface area (Å²) in [7, 11) is 0. The largest absolute Gasteiger partial charge is 0.460 e. The summed E-state index contributed by atoms with van der Waals surface area (Å²) in [5.74, 6) is 1.11. The third kappa shape index (κ3) is 2.50. The van der Waals surface area contributed by atoms with Gasteiger partial charge in [0.05, 0.1) is 12.1 Å². The summed E-state index contributed by atoms with van der Waals surface area (Å²) in [4.78, 5) is 0. The van der Waals surface area contributed by atoms with Gasteiger partial charge in [-0.2, -0.15) is 13.2 Å². The highest BCUT2D eigenvalue weighted by Gasteiger charge is 2.30. The normalized spacial score (nSPS) is 11.8. The molecule has 0 bridgehead atoms. The highest BCUT2D eigenvalue weighted by molar-refractivity contribution is 5.58. The van der Waals surface area contributed by atoms with Gasteiger partial charge in [-0.05, 0) is 24.3 Å². The molecule has 0 atom stereocenters. The van der Waals surface area contributed by atoms with Crippen LogP contribution >= 0.6 is 0 Å². The molecule has 1 heterocycles. The van der Waals surface area contributed by atoms with Gasteiger partial charge in [-0.1, -0.05) is 12.1 Å². The van der Waals surface area contributed by atoms with Gasteiger partial charge >= 0.3 is 6.18 Å². The predicted molar refractivity (Wildman–Crippen MR) is 57.0 cm³/mol. The summed E-state index contributed by atoms with van der Waals surface area (Å²) >= 11 is 0. The van der Waals surface area contributed by atoms with Crippen molar-refractivity contribution < 1.29 is 17.6 Å². The van der Waals surface area contributed by atoms with Crippen molar-refractivity contribution in [3.8, 4) is 11.3 Å². The monoisotopic (exact) mass is 241 g/mol. The Balaban J connectivity index is 2.29. The smallest absolute Gasteiger partial charge is 0.416 e. The Hall–Kier alpha value is -1.75. The number of furan rings is 1. The minimum Gasteiger partial charge on any atom is -0.460 e. The van der Waals surface area contributed by atoms with Gasteiger partial charge < -0.3 is 10.2 Å². The van der Waals surface area contributed by atoms with Crippen molar-refractivity contribution >= 4 is 0 Å². The summed E-state index contributed by atoms with van der Waals surface area (Å²) in [5.41, 5.74) is 5.30. The van der Waals surface area contributed by atoms with Crippen LogP contribution in [0.3, 0.4) is 0 Å². The van der Waals surface area contributed by atoms with Gasteiger partial charge in [-0.15, -0.1) is 0 Å². The van der Waals surface area contributed by atoms with Crippen LogP contribution < -0.4 is 5.73 Å². The van der Waals surface area contributed by atoms with E-state index >= 15 is 0 Å². The molecule has 2 N–H and O–H groups in total. The summed E-state index contributed by atoms with van der Waals surface area (Å²) < 4.78 is 42.4. The van der Waals surface area contributed by atoms with E-state index in [9.17, 15) is 13.2 Å². The first-order valence-electron chi connectivity index (χ1n) is 4.97. The van der Waals surface area contributed by atoms with E-state index in [4.69, 9.17) is 10.2 Å². The lowest BCUT2D eigenvalue weighted by molar-refractivity contribution is -0.137.